The van der Waals surface area contributed by atoms with Gasteiger partial charge >= 0.3 is 5.97 Å². The van der Waals surface area contributed by atoms with Gasteiger partial charge in [-0.15, -0.1) is 0 Å². The summed E-state index contributed by atoms with van der Waals surface area (Å²) >= 11 is 0. The number of rotatable bonds is 20. The molecule has 0 saturated heterocycles. The van der Waals surface area contributed by atoms with Crippen LogP contribution in [-0.2, 0) is 6.42 Å². The molecule has 0 N–H and O–H groups in total. The number of esters is 1. The minimum Gasteiger partial charge on any atom is -0.491 e. The van der Waals surface area contributed by atoms with Crippen LogP contribution < -0.4 is 9.47 Å². The Morgan fingerprint density at radius 2 is 1.15 bits per heavy atom. The molecule has 0 amide bonds. The lowest BCUT2D eigenvalue weighted by atomic mass is 9.95. The number of ether oxygens (including phenoxy) is 2. The average Bonchev–Trinajstić information content (AvgIpc) is 3.09. The highest BCUT2D eigenvalue weighted by Gasteiger charge is 2.11. The lowest BCUT2D eigenvalue weighted by Gasteiger charge is -2.15. The van der Waals surface area contributed by atoms with Crippen LogP contribution in [0.4, 0.5) is 0 Å². The summed E-state index contributed by atoms with van der Waals surface area (Å²) < 4.78 is 11.7. The van der Waals surface area contributed by atoms with Gasteiger partial charge in [0, 0.05) is 0 Å². The van der Waals surface area contributed by atoms with Gasteiger partial charge in [0.2, 0.25) is 0 Å². The lowest BCUT2D eigenvalue weighted by Crippen LogP contribution is -2.12. The van der Waals surface area contributed by atoms with Crippen LogP contribution in [0.15, 0.2) is 91.0 Å². The summed E-state index contributed by atoms with van der Waals surface area (Å²) in [6.07, 6.45) is 18.1. The highest BCUT2D eigenvalue weighted by Crippen LogP contribution is 2.30. The Bertz CT molecular complexity index is 1470. The van der Waals surface area contributed by atoms with Gasteiger partial charge in [-0.2, -0.15) is 0 Å². The normalized spacial score (nSPS) is 11.7. The van der Waals surface area contributed by atoms with E-state index in [0.717, 1.165) is 17.7 Å². The van der Waals surface area contributed by atoms with Crippen molar-refractivity contribution in [3.63, 3.8) is 0 Å². The van der Waals surface area contributed by atoms with E-state index in [9.17, 15) is 4.79 Å². The lowest BCUT2D eigenvalue weighted by molar-refractivity contribution is 0.0734. The predicted molar refractivity (Wildman–Crippen MR) is 199 cm³/mol. The monoisotopic (exact) mass is 632 g/mol. The zero-order valence-corrected chi connectivity index (χ0v) is 29.4. The number of aryl methyl sites for hydroxylation is 2. The summed E-state index contributed by atoms with van der Waals surface area (Å²) in [6.45, 7) is 8.76. The van der Waals surface area contributed by atoms with Gasteiger partial charge in [-0.1, -0.05) is 133 Å². The summed E-state index contributed by atoms with van der Waals surface area (Å²) in [7, 11) is 0. The molecular weight excluding hydrogens is 576 g/mol. The average molecular weight is 633 g/mol. The van der Waals surface area contributed by atoms with E-state index in [1.807, 2.05) is 36.4 Å². The Morgan fingerprint density at radius 1 is 0.596 bits per heavy atom. The number of hydrogen-bond donors (Lipinski definition) is 0. The Morgan fingerprint density at radius 3 is 1.79 bits per heavy atom. The van der Waals surface area contributed by atoms with Crippen LogP contribution in [0.25, 0.3) is 22.3 Å². The molecule has 0 heterocycles. The van der Waals surface area contributed by atoms with E-state index in [1.165, 1.54) is 111 Å². The molecule has 0 saturated carbocycles. The number of hydrogen-bond acceptors (Lipinski definition) is 3. The second kappa shape index (κ2) is 19.7. The molecule has 3 nitrogen and oxygen atoms in total. The van der Waals surface area contributed by atoms with Gasteiger partial charge in [-0.05, 0) is 109 Å². The summed E-state index contributed by atoms with van der Waals surface area (Å²) in [5.74, 6) is 0.934. The second-order valence-electron chi connectivity index (χ2n) is 13.2. The SMILES string of the molecule is CCCCCCCCCCc1ccc(-c2ccc(-c3ccc(OC(=O)c4ccc(O[C@H](C)CCCCCC)cc4)cc3)c(C)c2)cc1. The van der Waals surface area contributed by atoms with Crippen molar-refractivity contribution in [2.75, 3.05) is 0 Å². The smallest absolute Gasteiger partial charge is 0.343 e. The quantitative estimate of drug-likeness (QED) is 0.0552. The highest BCUT2D eigenvalue weighted by molar-refractivity contribution is 5.91. The van der Waals surface area contributed by atoms with E-state index in [1.54, 1.807) is 12.1 Å². The van der Waals surface area contributed by atoms with E-state index in [2.05, 4.69) is 70.2 Å². The molecule has 0 fully saturated rings. The molecule has 4 aromatic rings. The first-order valence-electron chi connectivity index (χ1n) is 18.3. The number of benzene rings is 4. The maximum atomic E-state index is 12.8. The third-order valence-corrected chi connectivity index (χ3v) is 9.10. The largest absolute Gasteiger partial charge is 0.491 e. The first-order valence-corrected chi connectivity index (χ1v) is 18.3. The van der Waals surface area contributed by atoms with Crippen molar-refractivity contribution < 1.29 is 14.3 Å². The van der Waals surface area contributed by atoms with Crippen molar-refractivity contribution in [2.24, 2.45) is 0 Å². The molecule has 0 aliphatic heterocycles. The van der Waals surface area contributed by atoms with Crippen LogP contribution in [0.3, 0.4) is 0 Å². The third-order valence-electron chi connectivity index (χ3n) is 9.10. The Labute approximate surface area is 284 Å². The molecule has 250 valence electrons. The van der Waals surface area contributed by atoms with E-state index < -0.39 is 0 Å². The molecule has 0 aliphatic carbocycles. The number of unbranched alkanes of at least 4 members (excludes halogenated alkanes) is 10. The zero-order chi connectivity index (χ0) is 33.3. The molecule has 0 spiro atoms. The summed E-state index contributed by atoms with van der Waals surface area (Å²) in [4.78, 5) is 12.8. The van der Waals surface area contributed by atoms with Crippen molar-refractivity contribution >= 4 is 5.97 Å². The van der Waals surface area contributed by atoms with Crippen molar-refractivity contribution in [3.8, 4) is 33.8 Å². The van der Waals surface area contributed by atoms with Gasteiger partial charge in [0.25, 0.3) is 0 Å². The Balaban J connectivity index is 1.25. The Hall–Kier alpha value is -3.85. The topological polar surface area (TPSA) is 35.5 Å². The molecular formula is C44H56O3. The molecule has 4 rings (SSSR count). The second-order valence-corrected chi connectivity index (χ2v) is 13.2. The van der Waals surface area contributed by atoms with Gasteiger partial charge in [-0.25, -0.2) is 4.79 Å². The fraction of sp³-hybridized carbons (Fsp3) is 0.432. The summed E-state index contributed by atoms with van der Waals surface area (Å²) in [5, 5.41) is 0. The van der Waals surface area contributed by atoms with Crippen LogP contribution >= 0.6 is 0 Å². The van der Waals surface area contributed by atoms with E-state index in [0.29, 0.717) is 11.3 Å². The summed E-state index contributed by atoms with van der Waals surface area (Å²) in [6, 6.07) is 30.7. The molecule has 0 aromatic heterocycles. The molecule has 3 heteroatoms. The standard InChI is InChI=1S/C44H56O3/c1-5-7-9-11-12-13-14-16-18-36-19-21-37(22-20-36)40-27-32-43(34(3)33-40)38-23-28-42(29-24-38)47-44(45)39-25-30-41(31-26-39)46-35(4)17-15-10-8-6-2/h19-33,35H,5-18H2,1-4H3/t35-/m1/s1. The van der Waals surface area contributed by atoms with Crippen molar-refractivity contribution in [3.05, 3.63) is 108 Å². The van der Waals surface area contributed by atoms with Gasteiger partial charge in [0.15, 0.2) is 0 Å². The molecule has 4 aromatic carbocycles. The van der Waals surface area contributed by atoms with Gasteiger partial charge in [0.1, 0.15) is 11.5 Å². The maximum absolute atomic E-state index is 12.8. The molecule has 47 heavy (non-hydrogen) atoms. The van der Waals surface area contributed by atoms with Crippen LogP contribution in [0.2, 0.25) is 0 Å². The predicted octanol–water partition coefficient (Wildman–Crippen LogP) is 13.0. The number of carbonyl (C=O) groups is 1. The van der Waals surface area contributed by atoms with Gasteiger partial charge in [0.05, 0.1) is 11.7 Å². The van der Waals surface area contributed by atoms with Crippen molar-refractivity contribution in [1.82, 2.24) is 0 Å². The van der Waals surface area contributed by atoms with Crippen LogP contribution in [0.1, 0.15) is 126 Å². The van der Waals surface area contributed by atoms with E-state index in [4.69, 9.17) is 9.47 Å². The summed E-state index contributed by atoms with van der Waals surface area (Å²) in [5.41, 5.74) is 7.90. The van der Waals surface area contributed by atoms with Crippen molar-refractivity contribution in [2.45, 2.75) is 124 Å². The van der Waals surface area contributed by atoms with Gasteiger partial charge < -0.3 is 9.47 Å². The molecule has 0 unspecified atom stereocenters. The minimum absolute atomic E-state index is 0.156. The highest BCUT2D eigenvalue weighted by atomic mass is 16.5. The fourth-order valence-electron chi connectivity index (χ4n) is 6.18. The van der Waals surface area contributed by atoms with E-state index >= 15 is 0 Å². The van der Waals surface area contributed by atoms with Crippen LogP contribution in [0.5, 0.6) is 11.5 Å². The van der Waals surface area contributed by atoms with E-state index in [-0.39, 0.29) is 12.1 Å². The minimum atomic E-state index is -0.374. The zero-order valence-electron chi connectivity index (χ0n) is 29.4. The Kier molecular flexibility index (Phi) is 15.1. The first kappa shape index (κ1) is 36.0. The molecule has 0 aliphatic rings. The first-order chi connectivity index (χ1) is 23.0. The van der Waals surface area contributed by atoms with Gasteiger partial charge in [-0.3, -0.25) is 0 Å². The van der Waals surface area contributed by atoms with Crippen LogP contribution in [0, 0.1) is 6.92 Å². The molecule has 0 bridgehead atoms. The van der Waals surface area contributed by atoms with Crippen molar-refractivity contribution in [1.29, 1.82) is 0 Å². The third kappa shape index (κ3) is 12.0. The molecule has 0 radical (unpaired) electrons. The van der Waals surface area contributed by atoms with Crippen LogP contribution in [-0.4, -0.2) is 12.1 Å². The maximum Gasteiger partial charge on any atom is 0.343 e. The number of carbonyl (C=O) groups excluding carboxylic acids is 1. The molecule has 1 atom stereocenters. The fourth-order valence-corrected chi connectivity index (χ4v) is 6.18.